The van der Waals surface area contributed by atoms with E-state index in [0.29, 0.717) is 18.3 Å². The average molecular weight is 383 g/mol. The van der Waals surface area contributed by atoms with E-state index >= 15 is 0 Å². The van der Waals surface area contributed by atoms with Crippen molar-refractivity contribution < 1.29 is 32.3 Å². The Morgan fingerprint density at radius 2 is 2.04 bits per heavy atom. The van der Waals surface area contributed by atoms with E-state index in [1.807, 2.05) is 0 Å². The van der Waals surface area contributed by atoms with Gasteiger partial charge in [0.15, 0.2) is 28.8 Å². The molecular formula is C17H21NO7S. The van der Waals surface area contributed by atoms with Gasteiger partial charge in [0.1, 0.15) is 5.75 Å². The average Bonchev–Trinajstić information content (AvgIpc) is 2.98. The summed E-state index contributed by atoms with van der Waals surface area (Å²) in [5.74, 6) is -1.03. The highest BCUT2D eigenvalue weighted by Crippen LogP contribution is 2.18. The topological polar surface area (TPSA) is 107 Å². The summed E-state index contributed by atoms with van der Waals surface area (Å²) in [6, 6.07) is 5.99. The lowest BCUT2D eigenvalue weighted by Gasteiger charge is -2.26. The number of ether oxygens (including phenoxy) is 2. The number of aldehydes is 1. The smallest absolute Gasteiger partial charge is 0.344 e. The van der Waals surface area contributed by atoms with Crippen LogP contribution in [0.1, 0.15) is 23.7 Å². The van der Waals surface area contributed by atoms with Crippen molar-refractivity contribution >= 4 is 28.0 Å². The second-order valence-corrected chi connectivity index (χ2v) is 8.31. The van der Waals surface area contributed by atoms with Crippen molar-refractivity contribution in [2.24, 2.45) is 0 Å². The number of rotatable bonds is 7. The second-order valence-electron chi connectivity index (χ2n) is 6.08. The van der Waals surface area contributed by atoms with E-state index in [9.17, 15) is 22.8 Å². The molecule has 2 rings (SSSR count). The lowest BCUT2D eigenvalue weighted by atomic mass is 10.2. The molecule has 0 aromatic heterocycles. The summed E-state index contributed by atoms with van der Waals surface area (Å²) in [6.07, 6.45) is -0.0884. The van der Waals surface area contributed by atoms with Crippen LogP contribution in [0.15, 0.2) is 24.3 Å². The molecule has 9 heteroatoms. The number of para-hydroxylation sites is 1. The van der Waals surface area contributed by atoms with Crippen molar-refractivity contribution in [1.82, 2.24) is 4.90 Å². The second kappa shape index (κ2) is 8.31. The Labute approximate surface area is 152 Å². The third-order valence-electron chi connectivity index (χ3n) is 4.15. The minimum atomic E-state index is -3.12. The molecule has 0 radical (unpaired) electrons. The maximum atomic E-state index is 12.3. The predicted molar refractivity (Wildman–Crippen MR) is 92.7 cm³/mol. The molecular weight excluding hydrogens is 362 g/mol. The zero-order valence-electron chi connectivity index (χ0n) is 14.6. The number of carbonyl (C=O) groups excluding carboxylic acids is 3. The Hall–Kier alpha value is -2.42. The minimum Gasteiger partial charge on any atom is -0.481 e. The van der Waals surface area contributed by atoms with Gasteiger partial charge >= 0.3 is 5.97 Å². The molecule has 0 N–H and O–H groups in total. The predicted octanol–water partition coefficient (Wildman–Crippen LogP) is 0.455. The Morgan fingerprint density at radius 3 is 2.65 bits per heavy atom. The molecule has 2 atom stereocenters. The first-order valence-electron chi connectivity index (χ1n) is 8.07. The summed E-state index contributed by atoms with van der Waals surface area (Å²) in [5, 5.41) is 0. The summed E-state index contributed by atoms with van der Waals surface area (Å²) < 4.78 is 33.3. The van der Waals surface area contributed by atoms with E-state index in [1.165, 1.54) is 18.9 Å². The SMILES string of the molecule is CC(OC(=O)COc1ccccc1C=O)C(=O)N(C)C1CCS(=O)(=O)C1. The van der Waals surface area contributed by atoms with Gasteiger partial charge in [0.05, 0.1) is 17.1 Å². The van der Waals surface area contributed by atoms with E-state index in [0.717, 1.165) is 0 Å². The number of benzene rings is 1. The van der Waals surface area contributed by atoms with Gasteiger partial charge in [0, 0.05) is 13.1 Å². The van der Waals surface area contributed by atoms with Gasteiger partial charge in [0.25, 0.3) is 5.91 Å². The third-order valence-corrected chi connectivity index (χ3v) is 5.90. The third kappa shape index (κ3) is 5.04. The largest absolute Gasteiger partial charge is 0.481 e. The zero-order valence-corrected chi connectivity index (χ0v) is 15.4. The van der Waals surface area contributed by atoms with Crippen molar-refractivity contribution in [3.63, 3.8) is 0 Å². The summed E-state index contributed by atoms with van der Waals surface area (Å²) >= 11 is 0. The van der Waals surface area contributed by atoms with Crippen molar-refractivity contribution in [3.05, 3.63) is 29.8 Å². The molecule has 1 aliphatic heterocycles. The fourth-order valence-corrected chi connectivity index (χ4v) is 4.45. The number of nitrogens with zero attached hydrogens (tertiary/aromatic N) is 1. The fourth-order valence-electron chi connectivity index (χ4n) is 2.68. The first kappa shape index (κ1) is 19.9. The van der Waals surface area contributed by atoms with E-state index in [-0.39, 0.29) is 17.3 Å². The van der Waals surface area contributed by atoms with Gasteiger partial charge in [-0.1, -0.05) is 12.1 Å². The van der Waals surface area contributed by atoms with Gasteiger partial charge in [-0.05, 0) is 25.5 Å². The molecule has 0 spiro atoms. The number of esters is 1. The molecule has 1 amide bonds. The highest BCUT2D eigenvalue weighted by atomic mass is 32.2. The molecule has 0 saturated carbocycles. The highest BCUT2D eigenvalue weighted by Gasteiger charge is 2.34. The molecule has 1 aromatic rings. The van der Waals surface area contributed by atoms with Crippen LogP contribution < -0.4 is 4.74 Å². The summed E-state index contributed by atoms with van der Waals surface area (Å²) in [4.78, 5) is 36.4. The van der Waals surface area contributed by atoms with Crippen LogP contribution in [0.3, 0.4) is 0 Å². The first-order valence-corrected chi connectivity index (χ1v) is 9.89. The standard InChI is InChI=1S/C17H21NO7S/c1-12(17(21)18(2)14-7-8-26(22,23)11-14)25-16(20)10-24-15-6-4-3-5-13(15)9-19/h3-6,9,12,14H,7-8,10-11H2,1-2H3. The highest BCUT2D eigenvalue weighted by molar-refractivity contribution is 7.91. The molecule has 142 valence electrons. The Morgan fingerprint density at radius 1 is 1.35 bits per heavy atom. The normalized spacial score (nSPS) is 19.4. The molecule has 1 aromatic carbocycles. The zero-order chi connectivity index (χ0) is 19.3. The quantitative estimate of drug-likeness (QED) is 0.497. The Bertz CT molecular complexity index is 790. The van der Waals surface area contributed by atoms with Crippen LogP contribution in [-0.2, 0) is 24.2 Å². The number of hydrogen-bond donors (Lipinski definition) is 0. The molecule has 26 heavy (non-hydrogen) atoms. The summed E-state index contributed by atoms with van der Waals surface area (Å²) in [7, 11) is -1.62. The Balaban J connectivity index is 1.86. The van der Waals surface area contributed by atoms with Crippen LogP contribution in [0.5, 0.6) is 5.75 Å². The van der Waals surface area contributed by atoms with Crippen LogP contribution in [-0.4, -0.2) is 68.8 Å². The van der Waals surface area contributed by atoms with E-state index < -0.39 is 40.5 Å². The number of likely N-dealkylation sites (N-methyl/N-ethyl adjacent to an activating group) is 1. The minimum absolute atomic E-state index is 0.0490. The van der Waals surface area contributed by atoms with Crippen LogP contribution >= 0.6 is 0 Å². The maximum absolute atomic E-state index is 12.3. The van der Waals surface area contributed by atoms with Crippen molar-refractivity contribution in [2.45, 2.75) is 25.5 Å². The molecule has 0 aliphatic carbocycles. The number of sulfone groups is 1. The number of amides is 1. The van der Waals surface area contributed by atoms with Gasteiger partial charge in [-0.3, -0.25) is 9.59 Å². The fraction of sp³-hybridized carbons (Fsp3) is 0.471. The van der Waals surface area contributed by atoms with E-state index in [4.69, 9.17) is 9.47 Å². The molecule has 0 bridgehead atoms. The Kier molecular flexibility index (Phi) is 6.36. The van der Waals surface area contributed by atoms with Crippen molar-refractivity contribution in [2.75, 3.05) is 25.2 Å². The first-order chi connectivity index (χ1) is 12.2. The molecule has 1 saturated heterocycles. The lowest BCUT2D eigenvalue weighted by Crippen LogP contribution is -2.44. The van der Waals surface area contributed by atoms with Crippen LogP contribution in [0.2, 0.25) is 0 Å². The summed E-state index contributed by atoms with van der Waals surface area (Å²) in [5.41, 5.74) is 0.298. The van der Waals surface area contributed by atoms with Crippen LogP contribution in [0, 0.1) is 0 Å². The van der Waals surface area contributed by atoms with Crippen LogP contribution in [0.4, 0.5) is 0 Å². The van der Waals surface area contributed by atoms with Gasteiger partial charge in [-0.2, -0.15) is 0 Å². The molecule has 2 unspecified atom stereocenters. The van der Waals surface area contributed by atoms with Gasteiger partial charge in [-0.15, -0.1) is 0 Å². The van der Waals surface area contributed by atoms with Crippen molar-refractivity contribution in [1.29, 1.82) is 0 Å². The van der Waals surface area contributed by atoms with Crippen molar-refractivity contribution in [3.8, 4) is 5.75 Å². The van der Waals surface area contributed by atoms with Gasteiger partial charge in [-0.25, -0.2) is 13.2 Å². The monoisotopic (exact) mass is 383 g/mol. The van der Waals surface area contributed by atoms with Gasteiger partial charge < -0.3 is 14.4 Å². The van der Waals surface area contributed by atoms with Crippen LogP contribution in [0.25, 0.3) is 0 Å². The van der Waals surface area contributed by atoms with E-state index in [1.54, 1.807) is 24.3 Å². The van der Waals surface area contributed by atoms with E-state index in [2.05, 4.69) is 0 Å². The number of hydrogen-bond acceptors (Lipinski definition) is 7. The number of carbonyl (C=O) groups is 3. The molecule has 8 nitrogen and oxygen atoms in total. The summed E-state index contributed by atoms with van der Waals surface area (Å²) in [6.45, 7) is 0.962. The lowest BCUT2D eigenvalue weighted by molar-refractivity contribution is -0.160. The van der Waals surface area contributed by atoms with Gasteiger partial charge in [0.2, 0.25) is 0 Å². The molecule has 1 heterocycles. The maximum Gasteiger partial charge on any atom is 0.344 e. The molecule has 1 fully saturated rings. The molecule has 1 aliphatic rings.